The first-order valence-corrected chi connectivity index (χ1v) is 6.01. The SMILES string of the molecule is CCC(CN)C(=O)N1CCN(CC(=O)O)CC1. The average Bonchev–Trinajstić information content (AvgIpc) is 2.30. The first-order chi connectivity index (χ1) is 8.08. The zero-order chi connectivity index (χ0) is 12.8. The van der Waals surface area contributed by atoms with Gasteiger partial charge in [-0.1, -0.05) is 6.92 Å². The molecule has 98 valence electrons. The molecule has 1 heterocycles. The van der Waals surface area contributed by atoms with Crippen molar-refractivity contribution in [1.82, 2.24) is 9.80 Å². The Morgan fingerprint density at radius 2 is 1.88 bits per heavy atom. The molecule has 0 aliphatic carbocycles. The number of nitrogens with zero attached hydrogens (tertiary/aromatic N) is 2. The van der Waals surface area contributed by atoms with Gasteiger partial charge in [0.1, 0.15) is 0 Å². The molecular formula is C11H21N3O3. The molecule has 0 saturated carbocycles. The smallest absolute Gasteiger partial charge is 0.317 e. The Labute approximate surface area is 101 Å². The van der Waals surface area contributed by atoms with Gasteiger partial charge in [-0.25, -0.2) is 0 Å². The zero-order valence-corrected chi connectivity index (χ0v) is 10.3. The second-order valence-electron chi connectivity index (χ2n) is 4.34. The average molecular weight is 243 g/mol. The Morgan fingerprint density at radius 3 is 2.29 bits per heavy atom. The van der Waals surface area contributed by atoms with Crippen molar-refractivity contribution in [2.45, 2.75) is 13.3 Å². The highest BCUT2D eigenvalue weighted by atomic mass is 16.4. The summed E-state index contributed by atoms with van der Waals surface area (Å²) in [4.78, 5) is 26.2. The lowest BCUT2D eigenvalue weighted by Gasteiger charge is -2.35. The van der Waals surface area contributed by atoms with Crippen LogP contribution in [0.25, 0.3) is 0 Å². The first-order valence-electron chi connectivity index (χ1n) is 6.01. The van der Waals surface area contributed by atoms with Gasteiger partial charge in [0, 0.05) is 32.7 Å². The van der Waals surface area contributed by atoms with E-state index in [1.54, 1.807) is 4.90 Å². The maximum atomic E-state index is 12.0. The topological polar surface area (TPSA) is 86.9 Å². The quantitative estimate of drug-likeness (QED) is 0.660. The van der Waals surface area contributed by atoms with E-state index in [4.69, 9.17) is 10.8 Å². The third kappa shape index (κ3) is 3.98. The number of nitrogens with two attached hydrogens (primary N) is 1. The highest BCUT2D eigenvalue weighted by molar-refractivity contribution is 5.79. The van der Waals surface area contributed by atoms with E-state index >= 15 is 0 Å². The van der Waals surface area contributed by atoms with E-state index < -0.39 is 5.97 Å². The third-order valence-electron chi connectivity index (χ3n) is 3.17. The van der Waals surface area contributed by atoms with Crippen LogP contribution in [0.5, 0.6) is 0 Å². The normalized spacial score (nSPS) is 19.1. The predicted octanol–water partition coefficient (Wildman–Crippen LogP) is -0.800. The van der Waals surface area contributed by atoms with Gasteiger partial charge in [-0.05, 0) is 6.42 Å². The van der Waals surface area contributed by atoms with Crippen molar-refractivity contribution < 1.29 is 14.7 Å². The molecule has 17 heavy (non-hydrogen) atoms. The fraction of sp³-hybridized carbons (Fsp3) is 0.818. The summed E-state index contributed by atoms with van der Waals surface area (Å²) in [6.45, 7) is 4.83. The van der Waals surface area contributed by atoms with Gasteiger partial charge in [0.25, 0.3) is 0 Å². The van der Waals surface area contributed by atoms with Gasteiger partial charge in [0.05, 0.1) is 12.5 Å². The summed E-state index contributed by atoms with van der Waals surface area (Å²) in [7, 11) is 0. The fourth-order valence-electron chi connectivity index (χ4n) is 2.02. The molecule has 1 rings (SSSR count). The number of carbonyl (C=O) groups is 2. The summed E-state index contributed by atoms with van der Waals surface area (Å²) in [5.74, 6) is -0.816. The monoisotopic (exact) mass is 243 g/mol. The minimum atomic E-state index is -0.821. The van der Waals surface area contributed by atoms with Crippen LogP contribution in [0.2, 0.25) is 0 Å². The van der Waals surface area contributed by atoms with Gasteiger partial charge in [-0.3, -0.25) is 14.5 Å². The van der Waals surface area contributed by atoms with E-state index in [0.29, 0.717) is 32.7 Å². The molecule has 0 aromatic rings. The lowest BCUT2D eigenvalue weighted by molar-refractivity contribution is -0.140. The van der Waals surface area contributed by atoms with E-state index in [0.717, 1.165) is 6.42 Å². The number of carbonyl (C=O) groups excluding carboxylic acids is 1. The molecule has 0 radical (unpaired) electrons. The molecule has 1 amide bonds. The molecule has 1 fully saturated rings. The second-order valence-corrected chi connectivity index (χ2v) is 4.34. The van der Waals surface area contributed by atoms with E-state index in [2.05, 4.69) is 0 Å². The van der Waals surface area contributed by atoms with Crippen molar-refractivity contribution in [3.05, 3.63) is 0 Å². The van der Waals surface area contributed by atoms with Crippen molar-refractivity contribution in [2.24, 2.45) is 11.7 Å². The summed E-state index contributed by atoms with van der Waals surface area (Å²) in [5, 5.41) is 8.67. The van der Waals surface area contributed by atoms with Crippen LogP contribution in [0.3, 0.4) is 0 Å². The molecule has 6 nitrogen and oxygen atoms in total. The lowest BCUT2D eigenvalue weighted by atomic mass is 10.0. The van der Waals surface area contributed by atoms with Gasteiger partial charge in [0.15, 0.2) is 0 Å². The molecule has 1 unspecified atom stereocenters. The van der Waals surface area contributed by atoms with Crippen LogP contribution >= 0.6 is 0 Å². The Bertz CT molecular complexity index is 271. The third-order valence-corrected chi connectivity index (χ3v) is 3.17. The molecule has 1 atom stereocenters. The minimum Gasteiger partial charge on any atom is -0.480 e. The number of hydrogen-bond acceptors (Lipinski definition) is 4. The summed E-state index contributed by atoms with van der Waals surface area (Å²) >= 11 is 0. The van der Waals surface area contributed by atoms with Crippen LogP contribution in [-0.2, 0) is 9.59 Å². The molecule has 1 aliphatic heterocycles. The maximum Gasteiger partial charge on any atom is 0.317 e. The molecule has 0 spiro atoms. The number of carboxylic acids is 1. The highest BCUT2D eigenvalue weighted by Gasteiger charge is 2.26. The largest absolute Gasteiger partial charge is 0.480 e. The standard InChI is InChI=1S/C11H21N3O3/c1-2-9(7-12)11(17)14-5-3-13(4-6-14)8-10(15)16/h9H,2-8,12H2,1H3,(H,15,16). The molecule has 6 heteroatoms. The minimum absolute atomic E-state index is 0.0517. The Balaban J connectivity index is 2.40. The summed E-state index contributed by atoms with van der Waals surface area (Å²) in [6.07, 6.45) is 0.755. The van der Waals surface area contributed by atoms with Crippen LogP contribution in [-0.4, -0.2) is 66.1 Å². The molecular weight excluding hydrogens is 222 g/mol. The molecule has 0 aromatic carbocycles. The number of aliphatic carboxylic acids is 1. The predicted molar refractivity (Wildman–Crippen MR) is 63.5 cm³/mol. The van der Waals surface area contributed by atoms with E-state index in [1.165, 1.54) is 0 Å². The summed E-state index contributed by atoms with van der Waals surface area (Å²) < 4.78 is 0. The van der Waals surface area contributed by atoms with E-state index in [1.807, 2.05) is 11.8 Å². The van der Waals surface area contributed by atoms with Crippen LogP contribution < -0.4 is 5.73 Å². The van der Waals surface area contributed by atoms with Crippen molar-refractivity contribution >= 4 is 11.9 Å². The van der Waals surface area contributed by atoms with Crippen LogP contribution in [0.15, 0.2) is 0 Å². The highest BCUT2D eigenvalue weighted by Crippen LogP contribution is 2.09. The van der Waals surface area contributed by atoms with Gasteiger partial charge in [-0.2, -0.15) is 0 Å². The van der Waals surface area contributed by atoms with Crippen LogP contribution in [0.1, 0.15) is 13.3 Å². The Hall–Kier alpha value is -1.14. The summed E-state index contributed by atoms with van der Waals surface area (Å²) in [6, 6.07) is 0. The number of piperazine rings is 1. The fourth-order valence-corrected chi connectivity index (χ4v) is 2.02. The van der Waals surface area contributed by atoms with E-state index in [-0.39, 0.29) is 18.4 Å². The lowest BCUT2D eigenvalue weighted by Crippen LogP contribution is -2.52. The number of rotatable bonds is 5. The second kappa shape index (κ2) is 6.56. The first kappa shape index (κ1) is 13.9. The molecule has 0 aromatic heterocycles. The summed E-state index contributed by atoms with van der Waals surface area (Å²) in [5.41, 5.74) is 5.55. The molecule has 1 aliphatic rings. The molecule has 0 bridgehead atoms. The van der Waals surface area contributed by atoms with Gasteiger partial charge in [-0.15, -0.1) is 0 Å². The number of amides is 1. The molecule has 3 N–H and O–H groups in total. The number of carboxylic acid groups (broad SMARTS) is 1. The molecule has 1 saturated heterocycles. The van der Waals surface area contributed by atoms with Gasteiger partial charge < -0.3 is 15.7 Å². The maximum absolute atomic E-state index is 12.0. The van der Waals surface area contributed by atoms with Crippen molar-refractivity contribution in [3.63, 3.8) is 0 Å². The Kier molecular flexibility index (Phi) is 5.37. The van der Waals surface area contributed by atoms with Gasteiger partial charge >= 0.3 is 5.97 Å². The van der Waals surface area contributed by atoms with Crippen molar-refractivity contribution in [3.8, 4) is 0 Å². The van der Waals surface area contributed by atoms with Crippen LogP contribution in [0, 0.1) is 5.92 Å². The number of hydrogen-bond donors (Lipinski definition) is 2. The van der Waals surface area contributed by atoms with Crippen LogP contribution in [0.4, 0.5) is 0 Å². The van der Waals surface area contributed by atoms with Crippen molar-refractivity contribution in [2.75, 3.05) is 39.3 Å². The zero-order valence-electron chi connectivity index (χ0n) is 10.3. The van der Waals surface area contributed by atoms with E-state index in [9.17, 15) is 9.59 Å². The van der Waals surface area contributed by atoms with Gasteiger partial charge in [0.2, 0.25) is 5.91 Å². The van der Waals surface area contributed by atoms with Crippen molar-refractivity contribution in [1.29, 1.82) is 0 Å². The Morgan fingerprint density at radius 1 is 1.29 bits per heavy atom.